The van der Waals surface area contributed by atoms with E-state index in [1.54, 1.807) is 0 Å². The van der Waals surface area contributed by atoms with Gasteiger partial charge in [-0.3, -0.25) is 4.79 Å². The molecule has 1 N–H and O–H groups in total. The molecule has 82 valence electrons. The monoisotopic (exact) mass is 214 g/mol. The van der Waals surface area contributed by atoms with Crippen molar-refractivity contribution in [1.82, 2.24) is 0 Å². The Balaban J connectivity index is 2.58. The number of hydrogen-bond donors (Lipinski definition) is 1. The lowest BCUT2D eigenvalue weighted by molar-refractivity contribution is -0.144. The number of carboxylic acids is 1. The van der Waals surface area contributed by atoms with Crippen molar-refractivity contribution in [2.24, 2.45) is 5.92 Å². The predicted molar refractivity (Wildman–Crippen MR) is 61.3 cm³/mol. The van der Waals surface area contributed by atoms with Crippen LogP contribution in [-0.4, -0.2) is 19.1 Å². The lowest BCUT2D eigenvalue weighted by Gasteiger charge is -2.49. The summed E-state index contributed by atoms with van der Waals surface area (Å²) < 4.78 is 0. The second kappa shape index (κ2) is 3.37. The van der Waals surface area contributed by atoms with Crippen LogP contribution in [0.1, 0.15) is 33.6 Å². The highest BCUT2D eigenvalue weighted by Crippen LogP contribution is 2.54. The zero-order valence-electron chi connectivity index (χ0n) is 9.92. The van der Waals surface area contributed by atoms with Crippen molar-refractivity contribution in [3.8, 4) is 0 Å². The van der Waals surface area contributed by atoms with E-state index in [9.17, 15) is 4.79 Å². The van der Waals surface area contributed by atoms with E-state index in [1.165, 1.54) is 0 Å². The van der Waals surface area contributed by atoms with Gasteiger partial charge in [0.15, 0.2) is 0 Å². The molecule has 0 aromatic carbocycles. The van der Waals surface area contributed by atoms with Crippen molar-refractivity contribution in [2.45, 2.75) is 57.3 Å². The van der Waals surface area contributed by atoms with Crippen LogP contribution in [0.5, 0.6) is 0 Å². The number of hydrogen-bond acceptors (Lipinski definition) is 1. The van der Waals surface area contributed by atoms with Gasteiger partial charge in [0.2, 0.25) is 0 Å². The minimum atomic E-state index is -1.27. The molecule has 0 heterocycles. The summed E-state index contributed by atoms with van der Waals surface area (Å²) in [7, 11) is -1.27. The van der Waals surface area contributed by atoms with E-state index in [0.29, 0.717) is 10.6 Å². The van der Waals surface area contributed by atoms with Gasteiger partial charge in [-0.2, -0.15) is 0 Å². The lowest BCUT2D eigenvalue weighted by atomic mass is 9.85. The van der Waals surface area contributed by atoms with Crippen LogP contribution >= 0.6 is 0 Å². The maximum absolute atomic E-state index is 10.7. The quantitative estimate of drug-likeness (QED) is 0.716. The van der Waals surface area contributed by atoms with Crippen LogP contribution in [-0.2, 0) is 4.79 Å². The molecule has 2 nitrogen and oxygen atoms in total. The molecule has 0 aromatic rings. The lowest BCUT2D eigenvalue weighted by Crippen LogP contribution is -2.48. The van der Waals surface area contributed by atoms with E-state index in [4.69, 9.17) is 5.11 Å². The number of aliphatic carboxylic acids is 1. The molecule has 3 heteroatoms. The second-order valence-corrected chi connectivity index (χ2v) is 11.9. The van der Waals surface area contributed by atoms with Crippen LogP contribution in [0.3, 0.4) is 0 Å². The third-order valence-corrected chi connectivity index (χ3v) is 10.8. The molecule has 0 spiro atoms. The fraction of sp³-hybridized carbons (Fsp3) is 0.909. The van der Waals surface area contributed by atoms with Gasteiger partial charge in [0, 0.05) is 0 Å². The van der Waals surface area contributed by atoms with Gasteiger partial charge < -0.3 is 5.11 Å². The minimum Gasteiger partial charge on any atom is -0.481 e. The highest BCUT2D eigenvalue weighted by molar-refractivity contribution is 6.81. The smallest absolute Gasteiger partial charge is 0.306 e. The summed E-state index contributed by atoms with van der Waals surface area (Å²) in [6.07, 6.45) is 1.84. The normalized spacial score (nSPS) is 28.4. The molecule has 0 bridgehead atoms. The molecule has 0 saturated heterocycles. The standard InChI is InChI=1S/C11H22O2Si/c1-11(2,3)14(4,5)9-6-8(7-9)10(12)13/h8-9H,6-7H2,1-5H3,(H,12,13). The number of carboxylic acid groups (broad SMARTS) is 1. The van der Waals surface area contributed by atoms with E-state index < -0.39 is 14.0 Å². The first-order valence-electron chi connectivity index (χ1n) is 5.39. The molecule has 0 amide bonds. The molecular weight excluding hydrogens is 192 g/mol. The molecule has 1 aliphatic rings. The first-order chi connectivity index (χ1) is 6.16. The SMILES string of the molecule is CC(C)(C)[Si](C)(C)C1CC(C(=O)O)C1. The third kappa shape index (κ3) is 1.87. The first-order valence-corrected chi connectivity index (χ1v) is 8.47. The van der Waals surface area contributed by atoms with Crippen molar-refractivity contribution in [3.63, 3.8) is 0 Å². The summed E-state index contributed by atoms with van der Waals surface area (Å²) in [5, 5.41) is 9.23. The van der Waals surface area contributed by atoms with Crippen molar-refractivity contribution in [1.29, 1.82) is 0 Å². The first kappa shape index (κ1) is 11.8. The van der Waals surface area contributed by atoms with Crippen LogP contribution in [0.15, 0.2) is 0 Å². The summed E-state index contributed by atoms with van der Waals surface area (Å²) >= 11 is 0. The molecule has 1 fully saturated rings. The van der Waals surface area contributed by atoms with Gasteiger partial charge in [-0.05, 0) is 23.4 Å². The zero-order chi connectivity index (χ0) is 11.1. The third-order valence-electron chi connectivity index (χ3n) is 4.44. The van der Waals surface area contributed by atoms with Crippen molar-refractivity contribution >= 4 is 14.0 Å². The molecule has 0 radical (unpaired) electrons. The maximum Gasteiger partial charge on any atom is 0.306 e. The summed E-state index contributed by atoms with van der Waals surface area (Å²) in [6.45, 7) is 11.7. The molecule has 0 atom stereocenters. The van der Waals surface area contributed by atoms with Crippen LogP contribution in [0.25, 0.3) is 0 Å². The van der Waals surface area contributed by atoms with E-state index in [-0.39, 0.29) is 5.92 Å². The Morgan fingerprint density at radius 3 is 2.00 bits per heavy atom. The van der Waals surface area contributed by atoms with E-state index in [1.807, 2.05) is 0 Å². The Kier molecular flexibility index (Phi) is 2.83. The molecule has 14 heavy (non-hydrogen) atoms. The Bertz CT molecular complexity index is 234. The molecule has 1 rings (SSSR count). The zero-order valence-corrected chi connectivity index (χ0v) is 10.9. The van der Waals surface area contributed by atoms with Gasteiger partial charge in [0.25, 0.3) is 0 Å². The van der Waals surface area contributed by atoms with Crippen molar-refractivity contribution in [2.75, 3.05) is 0 Å². The van der Waals surface area contributed by atoms with Crippen molar-refractivity contribution in [3.05, 3.63) is 0 Å². The van der Waals surface area contributed by atoms with Gasteiger partial charge in [0.05, 0.1) is 14.0 Å². The molecule has 0 unspecified atom stereocenters. The van der Waals surface area contributed by atoms with E-state index in [2.05, 4.69) is 33.9 Å². The minimum absolute atomic E-state index is 0.0471. The average Bonchev–Trinajstić information content (AvgIpc) is 1.77. The van der Waals surface area contributed by atoms with Crippen LogP contribution in [0.2, 0.25) is 23.7 Å². The highest BCUT2D eigenvalue weighted by atomic mass is 28.3. The molecular formula is C11H22O2Si. The number of carbonyl (C=O) groups is 1. The van der Waals surface area contributed by atoms with E-state index in [0.717, 1.165) is 12.8 Å². The summed E-state index contributed by atoms with van der Waals surface area (Å²) in [4.78, 5) is 10.7. The summed E-state index contributed by atoms with van der Waals surface area (Å²) in [5.74, 6) is -0.644. The fourth-order valence-electron chi connectivity index (χ4n) is 2.02. The topological polar surface area (TPSA) is 37.3 Å². The van der Waals surface area contributed by atoms with Gasteiger partial charge in [-0.15, -0.1) is 0 Å². The molecule has 0 aliphatic heterocycles. The predicted octanol–water partition coefficient (Wildman–Crippen LogP) is 3.36. The largest absolute Gasteiger partial charge is 0.481 e. The maximum atomic E-state index is 10.7. The van der Waals surface area contributed by atoms with Crippen LogP contribution in [0, 0.1) is 5.92 Å². The number of rotatable bonds is 2. The average molecular weight is 214 g/mol. The molecule has 1 aliphatic carbocycles. The van der Waals surface area contributed by atoms with Crippen molar-refractivity contribution < 1.29 is 9.90 Å². The molecule has 0 aromatic heterocycles. The molecule has 1 saturated carbocycles. The van der Waals surface area contributed by atoms with Crippen LogP contribution < -0.4 is 0 Å². The van der Waals surface area contributed by atoms with Gasteiger partial charge in [-0.25, -0.2) is 0 Å². The summed E-state index contributed by atoms with van der Waals surface area (Å²) in [6, 6.07) is 0. The van der Waals surface area contributed by atoms with Crippen LogP contribution in [0.4, 0.5) is 0 Å². The highest BCUT2D eigenvalue weighted by Gasteiger charge is 2.49. The van der Waals surface area contributed by atoms with Gasteiger partial charge >= 0.3 is 5.97 Å². The van der Waals surface area contributed by atoms with Gasteiger partial charge in [0.1, 0.15) is 0 Å². The second-order valence-electron chi connectivity index (χ2n) is 6.18. The Hall–Kier alpha value is -0.313. The Morgan fingerprint density at radius 1 is 1.29 bits per heavy atom. The van der Waals surface area contributed by atoms with E-state index >= 15 is 0 Å². The fourth-order valence-corrected chi connectivity index (χ4v) is 4.99. The summed E-state index contributed by atoms with van der Waals surface area (Å²) in [5.41, 5.74) is 0.712. The van der Waals surface area contributed by atoms with Gasteiger partial charge in [-0.1, -0.05) is 33.9 Å². The Labute approximate surface area is 87.7 Å². The Morgan fingerprint density at radius 2 is 1.71 bits per heavy atom.